The Morgan fingerprint density at radius 3 is 1.94 bits per heavy atom. The van der Waals surface area contributed by atoms with Crippen LogP contribution in [0.2, 0.25) is 0 Å². The minimum absolute atomic E-state index is 0.0192. The largest absolute Gasteiger partial charge is 0.416 e. The van der Waals surface area contributed by atoms with Crippen LogP contribution in [0.15, 0.2) is 60.7 Å². The van der Waals surface area contributed by atoms with E-state index in [2.05, 4.69) is 16.0 Å². The molecule has 0 aliphatic heterocycles. The molecule has 0 aromatic heterocycles. The van der Waals surface area contributed by atoms with Gasteiger partial charge in [-0.2, -0.15) is 13.2 Å². The fourth-order valence-electron chi connectivity index (χ4n) is 2.60. The van der Waals surface area contributed by atoms with Gasteiger partial charge in [-0.25, -0.2) is 18.0 Å². The zero-order chi connectivity index (χ0) is 23.5. The number of carbonyl (C=O) groups excluding carboxylic acids is 2. The fourth-order valence-corrected chi connectivity index (χ4v) is 2.60. The van der Waals surface area contributed by atoms with E-state index in [4.69, 9.17) is 0 Å². The molecule has 0 bridgehead atoms. The average Bonchev–Trinajstić information content (AvgIpc) is 2.70. The SMILES string of the molecule is O=C(Nc1ccc(C(F)(F)F)cc1)Nc1ccc(F)c(NC(=O)c2ccc(F)cc2F)c1. The maximum Gasteiger partial charge on any atom is 0.416 e. The highest BCUT2D eigenvalue weighted by molar-refractivity contribution is 6.05. The van der Waals surface area contributed by atoms with Gasteiger partial charge < -0.3 is 16.0 Å². The van der Waals surface area contributed by atoms with E-state index in [9.17, 15) is 35.9 Å². The summed E-state index contributed by atoms with van der Waals surface area (Å²) >= 11 is 0. The van der Waals surface area contributed by atoms with Crippen molar-refractivity contribution in [2.75, 3.05) is 16.0 Å². The predicted octanol–water partition coefficient (Wildman–Crippen LogP) is 6.02. The Hall–Kier alpha value is -4.02. The van der Waals surface area contributed by atoms with E-state index in [1.807, 2.05) is 0 Å². The van der Waals surface area contributed by atoms with Crippen molar-refractivity contribution in [3.05, 3.63) is 89.2 Å². The smallest absolute Gasteiger partial charge is 0.319 e. The van der Waals surface area contributed by atoms with Crippen LogP contribution in [0.25, 0.3) is 0 Å². The summed E-state index contributed by atoms with van der Waals surface area (Å²) in [5.41, 5.74) is -1.72. The Labute approximate surface area is 177 Å². The molecule has 3 amide bonds. The molecule has 0 heterocycles. The Morgan fingerprint density at radius 2 is 1.31 bits per heavy atom. The monoisotopic (exact) mass is 453 g/mol. The summed E-state index contributed by atoms with van der Waals surface area (Å²) in [5.74, 6) is -3.98. The molecule has 0 saturated heterocycles. The van der Waals surface area contributed by atoms with E-state index >= 15 is 0 Å². The Balaban J connectivity index is 1.68. The number of urea groups is 1. The molecule has 3 rings (SSSR count). The molecule has 0 radical (unpaired) electrons. The van der Waals surface area contributed by atoms with Gasteiger partial charge in [0.05, 0.1) is 16.8 Å². The van der Waals surface area contributed by atoms with Crippen molar-refractivity contribution >= 4 is 29.0 Å². The molecule has 3 aromatic rings. The van der Waals surface area contributed by atoms with Crippen LogP contribution in [0.3, 0.4) is 0 Å². The Bertz CT molecular complexity index is 1160. The molecule has 0 spiro atoms. The standard InChI is InChI=1S/C21H13F6N3O2/c22-12-3-7-15(17(24)9-12)19(31)30-18-10-14(6-8-16(18)23)29-20(32)28-13-4-1-11(2-5-13)21(25,26)27/h1-10H,(H,30,31)(H2,28,29,32). The third-order valence-corrected chi connectivity index (χ3v) is 4.12. The van der Waals surface area contributed by atoms with Gasteiger partial charge in [0.15, 0.2) is 0 Å². The lowest BCUT2D eigenvalue weighted by Crippen LogP contribution is -2.20. The lowest BCUT2D eigenvalue weighted by molar-refractivity contribution is -0.137. The van der Waals surface area contributed by atoms with Gasteiger partial charge in [0.25, 0.3) is 5.91 Å². The van der Waals surface area contributed by atoms with Crippen LogP contribution in [0.4, 0.5) is 48.2 Å². The molecular weight excluding hydrogens is 440 g/mol. The van der Waals surface area contributed by atoms with Gasteiger partial charge >= 0.3 is 12.2 Å². The lowest BCUT2D eigenvalue weighted by atomic mass is 10.2. The van der Waals surface area contributed by atoms with Crippen molar-refractivity contribution in [1.82, 2.24) is 0 Å². The molecule has 0 saturated carbocycles. The minimum atomic E-state index is -4.52. The molecule has 3 N–H and O–H groups in total. The quantitative estimate of drug-likeness (QED) is 0.423. The Morgan fingerprint density at radius 1 is 0.688 bits per heavy atom. The number of hydrogen-bond acceptors (Lipinski definition) is 2. The molecule has 5 nitrogen and oxygen atoms in total. The first-order valence-corrected chi connectivity index (χ1v) is 8.84. The van der Waals surface area contributed by atoms with Gasteiger partial charge in [0.1, 0.15) is 17.5 Å². The average molecular weight is 453 g/mol. The summed E-state index contributed by atoms with van der Waals surface area (Å²) in [6, 6.07) is 8.20. The summed E-state index contributed by atoms with van der Waals surface area (Å²) in [6.45, 7) is 0. The molecule has 32 heavy (non-hydrogen) atoms. The molecule has 3 aromatic carbocycles. The van der Waals surface area contributed by atoms with E-state index < -0.39 is 52.4 Å². The van der Waals surface area contributed by atoms with Gasteiger partial charge in [-0.3, -0.25) is 4.79 Å². The van der Waals surface area contributed by atoms with E-state index in [0.717, 1.165) is 54.6 Å². The van der Waals surface area contributed by atoms with Gasteiger partial charge in [0, 0.05) is 17.4 Å². The number of rotatable bonds is 4. The van der Waals surface area contributed by atoms with Crippen LogP contribution in [0.5, 0.6) is 0 Å². The van der Waals surface area contributed by atoms with Crippen LogP contribution in [0.1, 0.15) is 15.9 Å². The topological polar surface area (TPSA) is 70.2 Å². The van der Waals surface area contributed by atoms with Crippen LogP contribution >= 0.6 is 0 Å². The first-order valence-electron chi connectivity index (χ1n) is 8.84. The van der Waals surface area contributed by atoms with Crippen molar-refractivity contribution in [2.24, 2.45) is 0 Å². The number of hydrogen-bond donors (Lipinski definition) is 3. The van der Waals surface area contributed by atoms with Crippen molar-refractivity contribution in [2.45, 2.75) is 6.18 Å². The van der Waals surface area contributed by atoms with Gasteiger partial charge in [-0.1, -0.05) is 0 Å². The third kappa shape index (κ3) is 5.56. The molecule has 0 aliphatic rings. The number of benzene rings is 3. The van der Waals surface area contributed by atoms with Crippen LogP contribution < -0.4 is 16.0 Å². The number of anilines is 3. The number of nitrogens with one attached hydrogen (secondary N) is 3. The summed E-state index contributed by atoms with van der Waals surface area (Å²) in [5, 5.41) is 6.74. The van der Waals surface area contributed by atoms with E-state index in [-0.39, 0.29) is 11.4 Å². The molecule has 166 valence electrons. The van der Waals surface area contributed by atoms with Gasteiger partial charge in [-0.15, -0.1) is 0 Å². The predicted molar refractivity (Wildman–Crippen MR) is 105 cm³/mol. The Kier molecular flexibility index (Phi) is 6.37. The van der Waals surface area contributed by atoms with Crippen LogP contribution in [0, 0.1) is 17.5 Å². The zero-order valence-electron chi connectivity index (χ0n) is 15.9. The normalized spacial score (nSPS) is 11.1. The first-order chi connectivity index (χ1) is 15.0. The highest BCUT2D eigenvalue weighted by Gasteiger charge is 2.30. The van der Waals surface area contributed by atoms with Gasteiger partial charge in [0.2, 0.25) is 0 Å². The molecule has 0 atom stereocenters. The second-order valence-corrected chi connectivity index (χ2v) is 6.43. The maximum absolute atomic E-state index is 14.0. The molecule has 0 unspecified atom stereocenters. The highest BCUT2D eigenvalue weighted by atomic mass is 19.4. The summed E-state index contributed by atoms with van der Waals surface area (Å²) in [7, 11) is 0. The summed E-state index contributed by atoms with van der Waals surface area (Å²) < 4.78 is 78.5. The fraction of sp³-hybridized carbons (Fsp3) is 0.0476. The molecular formula is C21H13F6N3O2. The van der Waals surface area contributed by atoms with E-state index in [1.54, 1.807) is 0 Å². The second kappa shape index (κ2) is 9.00. The van der Waals surface area contributed by atoms with E-state index in [0.29, 0.717) is 6.07 Å². The zero-order valence-corrected chi connectivity index (χ0v) is 15.9. The number of amides is 3. The van der Waals surface area contributed by atoms with Crippen molar-refractivity contribution < 1.29 is 35.9 Å². The first kappa shape index (κ1) is 22.7. The van der Waals surface area contributed by atoms with Gasteiger partial charge in [-0.05, 0) is 54.6 Å². The number of alkyl halides is 3. The number of halogens is 6. The second-order valence-electron chi connectivity index (χ2n) is 6.43. The highest BCUT2D eigenvalue weighted by Crippen LogP contribution is 2.30. The summed E-state index contributed by atoms with van der Waals surface area (Å²) in [4.78, 5) is 24.2. The third-order valence-electron chi connectivity index (χ3n) is 4.12. The molecule has 0 fully saturated rings. The molecule has 0 aliphatic carbocycles. The van der Waals surface area contributed by atoms with Crippen molar-refractivity contribution in [1.29, 1.82) is 0 Å². The maximum atomic E-state index is 14.0. The summed E-state index contributed by atoms with van der Waals surface area (Å²) in [6.07, 6.45) is -4.52. The van der Waals surface area contributed by atoms with Crippen LogP contribution in [-0.4, -0.2) is 11.9 Å². The van der Waals surface area contributed by atoms with Crippen LogP contribution in [-0.2, 0) is 6.18 Å². The lowest BCUT2D eigenvalue weighted by Gasteiger charge is -2.12. The van der Waals surface area contributed by atoms with Crippen molar-refractivity contribution in [3.8, 4) is 0 Å². The van der Waals surface area contributed by atoms with Crippen molar-refractivity contribution in [3.63, 3.8) is 0 Å². The van der Waals surface area contributed by atoms with E-state index in [1.165, 1.54) is 0 Å². The number of carbonyl (C=O) groups is 2. The minimum Gasteiger partial charge on any atom is -0.319 e. The molecule has 11 heteroatoms.